The van der Waals surface area contributed by atoms with E-state index in [1.807, 2.05) is 18.2 Å². The van der Waals surface area contributed by atoms with Crippen LogP contribution in [0.5, 0.6) is 0 Å². The summed E-state index contributed by atoms with van der Waals surface area (Å²) in [6.07, 6.45) is 0.882. The molecule has 82 valence electrons. The molecule has 1 saturated heterocycles. The Labute approximate surface area is 93.1 Å². The Hall–Kier alpha value is -1.84. The van der Waals surface area contributed by atoms with Crippen molar-refractivity contribution in [2.24, 2.45) is 10.7 Å². The molecule has 3 rings (SSSR count). The van der Waals surface area contributed by atoms with E-state index in [4.69, 9.17) is 5.73 Å². The van der Waals surface area contributed by atoms with Gasteiger partial charge in [-0.2, -0.15) is 0 Å². The smallest absolute Gasteiger partial charge is 0.315 e. The van der Waals surface area contributed by atoms with Crippen LogP contribution in [0.25, 0.3) is 5.57 Å². The first-order valence-electron chi connectivity index (χ1n) is 5.46. The molecule has 1 aromatic rings. The highest BCUT2D eigenvalue weighted by Crippen LogP contribution is 2.20. The highest BCUT2D eigenvalue weighted by molar-refractivity contribution is 5.75. The maximum absolute atomic E-state index is 11.2. The molecule has 2 aliphatic rings. The number of piperidine rings is 1. The first kappa shape index (κ1) is 9.39. The number of likely N-dealkylation sites (tertiary alicyclic amines) is 1. The monoisotopic (exact) mass is 215 g/mol. The summed E-state index contributed by atoms with van der Waals surface area (Å²) in [7, 11) is 0. The topological polar surface area (TPSA) is 58.7 Å². The Morgan fingerprint density at radius 1 is 1.44 bits per heavy atom. The van der Waals surface area contributed by atoms with Gasteiger partial charge in [0.25, 0.3) is 0 Å². The van der Waals surface area contributed by atoms with Crippen LogP contribution in [0, 0.1) is 0 Å². The van der Waals surface area contributed by atoms with Crippen molar-refractivity contribution < 1.29 is 4.79 Å². The van der Waals surface area contributed by atoms with Gasteiger partial charge >= 0.3 is 6.03 Å². The fourth-order valence-corrected chi connectivity index (χ4v) is 2.46. The van der Waals surface area contributed by atoms with Gasteiger partial charge in [0.2, 0.25) is 0 Å². The van der Waals surface area contributed by atoms with Crippen LogP contribution in [0.15, 0.2) is 29.3 Å². The molecule has 0 aromatic heterocycles. The number of carbonyl (C=O) groups is 1. The summed E-state index contributed by atoms with van der Waals surface area (Å²) in [5.41, 5.74) is 6.55. The van der Waals surface area contributed by atoms with Crippen LogP contribution in [-0.2, 0) is 0 Å². The SMILES string of the molecule is NC(=O)N1CCC2N=c3ccccc3=C2C1. The predicted octanol–water partition coefficient (Wildman–Crippen LogP) is -0.377. The zero-order valence-corrected chi connectivity index (χ0v) is 8.89. The molecule has 16 heavy (non-hydrogen) atoms. The first-order chi connectivity index (χ1) is 7.75. The van der Waals surface area contributed by atoms with Gasteiger partial charge in [0.05, 0.1) is 11.4 Å². The number of benzene rings is 1. The van der Waals surface area contributed by atoms with Gasteiger partial charge < -0.3 is 10.6 Å². The van der Waals surface area contributed by atoms with Crippen molar-refractivity contribution in [1.82, 2.24) is 4.90 Å². The molecule has 1 aromatic carbocycles. The lowest BCUT2D eigenvalue weighted by Gasteiger charge is -2.29. The molecule has 2 aliphatic heterocycles. The third-order valence-electron chi connectivity index (χ3n) is 3.29. The minimum absolute atomic E-state index is 0.257. The van der Waals surface area contributed by atoms with E-state index >= 15 is 0 Å². The Bertz CT molecular complexity index is 564. The minimum atomic E-state index is -0.338. The van der Waals surface area contributed by atoms with Gasteiger partial charge in [-0.25, -0.2) is 4.79 Å². The van der Waals surface area contributed by atoms with Crippen molar-refractivity contribution >= 4 is 11.6 Å². The second-order valence-electron chi connectivity index (χ2n) is 4.24. The molecule has 4 nitrogen and oxygen atoms in total. The summed E-state index contributed by atoms with van der Waals surface area (Å²) >= 11 is 0. The molecule has 2 N–H and O–H groups in total. The Morgan fingerprint density at radius 2 is 2.25 bits per heavy atom. The van der Waals surface area contributed by atoms with Crippen molar-refractivity contribution in [1.29, 1.82) is 0 Å². The van der Waals surface area contributed by atoms with Crippen LogP contribution < -0.4 is 16.3 Å². The molecule has 2 amide bonds. The minimum Gasteiger partial charge on any atom is -0.351 e. The molecule has 2 heterocycles. The van der Waals surface area contributed by atoms with Gasteiger partial charge in [-0.1, -0.05) is 18.2 Å². The summed E-state index contributed by atoms with van der Waals surface area (Å²) < 4.78 is 0. The maximum Gasteiger partial charge on any atom is 0.315 e. The van der Waals surface area contributed by atoms with E-state index in [9.17, 15) is 4.79 Å². The third kappa shape index (κ3) is 1.30. The van der Waals surface area contributed by atoms with E-state index in [-0.39, 0.29) is 12.1 Å². The fourth-order valence-electron chi connectivity index (χ4n) is 2.46. The van der Waals surface area contributed by atoms with Gasteiger partial charge in [-0.15, -0.1) is 0 Å². The number of hydrogen-bond acceptors (Lipinski definition) is 2. The molecule has 0 bridgehead atoms. The van der Waals surface area contributed by atoms with Crippen LogP contribution in [0.2, 0.25) is 0 Å². The third-order valence-corrected chi connectivity index (χ3v) is 3.29. The molecule has 0 spiro atoms. The van der Waals surface area contributed by atoms with Crippen molar-refractivity contribution in [2.75, 3.05) is 13.1 Å². The number of carbonyl (C=O) groups excluding carboxylic acids is 1. The lowest BCUT2D eigenvalue weighted by Crippen LogP contribution is -2.44. The Balaban J connectivity index is 2.09. The average molecular weight is 215 g/mol. The summed E-state index contributed by atoms with van der Waals surface area (Å²) in [4.78, 5) is 17.5. The molecule has 4 heteroatoms. The maximum atomic E-state index is 11.2. The molecule has 0 saturated carbocycles. The number of urea groups is 1. The zero-order chi connectivity index (χ0) is 11.1. The van der Waals surface area contributed by atoms with Gasteiger partial charge in [-0.3, -0.25) is 4.99 Å². The standard InChI is InChI=1S/C12H13N3O/c13-12(16)15-6-5-11-9(7-15)8-3-1-2-4-10(8)14-11/h1-4,11H,5-7H2,(H2,13,16). The summed E-state index contributed by atoms with van der Waals surface area (Å²) in [6, 6.07) is 8.01. The van der Waals surface area contributed by atoms with E-state index in [2.05, 4.69) is 11.1 Å². The molecule has 1 fully saturated rings. The van der Waals surface area contributed by atoms with Gasteiger partial charge in [0, 0.05) is 18.3 Å². The van der Waals surface area contributed by atoms with E-state index in [0.29, 0.717) is 13.1 Å². The van der Waals surface area contributed by atoms with Crippen molar-refractivity contribution in [2.45, 2.75) is 12.5 Å². The van der Waals surface area contributed by atoms with E-state index in [1.54, 1.807) is 4.90 Å². The molecular formula is C12H13N3O. The lowest BCUT2D eigenvalue weighted by atomic mass is 9.99. The second kappa shape index (κ2) is 3.33. The fraction of sp³-hybridized carbons (Fsp3) is 0.333. The van der Waals surface area contributed by atoms with Crippen LogP contribution >= 0.6 is 0 Å². The largest absolute Gasteiger partial charge is 0.351 e. The van der Waals surface area contributed by atoms with Crippen molar-refractivity contribution in [3.63, 3.8) is 0 Å². The molecule has 1 unspecified atom stereocenters. The zero-order valence-electron chi connectivity index (χ0n) is 8.89. The number of primary amides is 1. The summed E-state index contributed by atoms with van der Waals surface area (Å²) in [5.74, 6) is 0. The van der Waals surface area contributed by atoms with Gasteiger partial charge in [-0.05, 0) is 18.1 Å². The Morgan fingerprint density at radius 3 is 3.06 bits per heavy atom. The number of fused-ring (bicyclic) bond motifs is 2. The Kier molecular flexibility index (Phi) is 1.96. The van der Waals surface area contributed by atoms with Crippen LogP contribution in [0.4, 0.5) is 4.79 Å². The van der Waals surface area contributed by atoms with Crippen LogP contribution in [-0.4, -0.2) is 30.1 Å². The molecule has 1 atom stereocenters. The number of nitrogens with two attached hydrogens (primary N) is 1. The van der Waals surface area contributed by atoms with E-state index in [0.717, 1.165) is 11.8 Å². The van der Waals surface area contributed by atoms with E-state index in [1.165, 1.54) is 10.8 Å². The predicted molar refractivity (Wildman–Crippen MR) is 60.2 cm³/mol. The van der Waals surface area contributed by atoms with Crippen molar-refractivity contribution in [3.05, 3.63) is 34.8 Å². The summed E-state index contributed by atoms with van der Waals surface area (Å²) in [6.45, 7) is 1.33. The molecule has 0 aliphatic carbocycles. The average Bonchev–Trinajstić information content (AvgIpc) is 2.66. The van der Waals surface area contributed by atoms with Gasteiger partial charge in [0.15, 0.2) is 0 Å². The number of rotatable bonds is 0. The lowest BCUT2D eigenvalue weighted by molar-refractivity contribution is 0.208. The van der Waals surface area contributed by atoms with Gasteiger partial charge in [0.1, 0.15) is 0 Å². The summed E-state index contributed by atoms with van der Waals surface area (Å²) in [5, 5.41) is 2.23. The first-order valence-corrected chi connectivity index (χ1v) is 5.46. The molecule has 0 radical (unpaired) electrons. The highest BCUT2D eigenvalue weighted by Gasteiger charge is 2.28. The van der Waals surface area contributed by atoms with Crippen molar-refractivity contribution in [3.8, 4) is 0 Å². The highest BCUT2D eigenvalue weighted by atomic mass is 16.2. The van der Waals surface area contributed by atoms with Crippen LogP contribution in [0.3, 0.4) is 0 Å². The second-order valence-corrected chi connectivity index (χ2v) is 4.24. The van der Waals surface area contributed by atoms with Crippen LogP contribution in [0.1, 0.15) is 6.42 Å². The quantitative estimate of drug-likeness (QED) is 0.630. The van der Waals surface area contributed by atoms with E-state index < -0.39 is 0 Å². The number of nitrogens with zero attached hydrogens (tertiary/aromatic N) is 2. The molecular weight excluding hydrogens is 202 g/mol. The number of hydrogen-bond donors (Lipinski definition) is 1. The normalized spacial score (nSPS) is 22.4. The number of amides is 2. The number of para-hydroxylation sites is 1.